The topological polar surface area (TPSA) is 0 Å². The van der Waals surface area contributed by atoms with E-state index in [0.29, 0.717) is 0 Å². The molecule has 1 aliphatic carbocycles. The SMILES string of the molecule is Br.[Ni][C]1=CCCC1. The number of rotatable bonds is 0. The molecule has 0 atom stereocenters. The Morgan fingerprint density at radius 3 is 2.43 bits per heavy atom. The monoisotopic (exact) mass is 205 g/mol. The summed E-state index contributed by atoms with van der Waals surface area (Å²) in [7, 11) is 0. The van der Waals surface area contributed by atoms with Crippen molar-refractivity contribution in [2.24, 2.45) is 0 Å². The van der Waals surface area contributed by atoms with Crippen molar-refractivity contribution in [3.8, 4) is 0 Å². The quantitative estimate of drug-likeness (QED) is 0.533. The molecule has 1 aliphatic rings. The molecule has 0 saturated heterocycles. The van der Waals surface area contributed by atoms with Gasteiger partial charge in [0.2, 0.25) is 0 Å². The molecule has 0 nitrogen and oxygen atoms in total. The van der Waals surface area contributed by atoms with Crippen LogP contribution >= 0.6 is 17.0 Å². The van der Waals surface area contributed by atoms with Gasteiger partial charge in [0.05, 0.1) is 0 Å². The average Bonchev–Trinajstić information content (AvgIpc) is 1.86. The Hall–Kier alpha value is 0.714. The first-order chi connectivity index (χ1) is 2.89. The Balaban J connectivity index is 0.000000360. The molecule has 0 N–H and O–H groups in total. The zero-order valence-corrected chi connectivity index (χ0v) is 6.62. The van der Waals surface area contributed by atoms with Crippen molar-refractivity contribution in [1.82, 2.24) is 0 Å². The van der Waals surface area contributed by atoms with Crippen LogP contribution in [0, 0.1) is 0 Å². The minimum absolute atomic E-state index is 0. The zero-order valence-electron chi connectivity index (χ0n) is 3.92. The molecule has 1 rings (SSSR count). The van der Waals surface area contributed by atoms with Crippen LogP contribution in [0.15, 0.2) is 10.6 Å². The molecule has 7 heavy (non-hydrogen) atoms. The maximum atomic E-state index is 4.60. The van der Waals surface area contributed by atoms with Crippen molar-refractivity contribution in [1.29, 1.82) is 0 Å². The van der Waals surface area contributed by atoms with Crippen molar-refractivity contribution >= 4 is 17.0 Å². The van der Waals surface area contributed by atoms with Gasteiger partial charge in [-0.15, -0.1) is 17.0 Å². The first-order valence-electron chi connectivity index (χ1n) is 2.21. The van der Waals surface area contributed by atoms with E-state index in [4.69, 9.17) is 0 Å². The third-order valence-electron chi connectivity index (χ3n) is 0.958. The van der Waals surface area contributed by atoms with Crippen LogP contribution in [0.2, 0.25) is 0 Å². The van der Waals surface area contributed by atoms with Gasteiger partial charge in [0.15, 0.2) is 0 Å². The predicted molar refractivity (Wildman–Crippen MR) is 32.3 cm³/mol. The van der Waals surface area contributed by atoms with Crippen LogP contribution in [0.25, 0.3) is 0 Å². The Morgan fingerprint density at radius 1 is 1.57 bits per heavy atom. The second-order valence-electron chi connectivity index (χ2n) is 1.50. The van der Waals surface area contributed by atoms with Crippen LogP contribution in [0.5, 0.6) is 0 Å². The van der Waals surface area contributed by atoms with E-state index in [0.717, 1.165) is 0 Å². The summed E-state index contributed by atoms with van der Waals surface area (Å²) in [4.78, 5) is 0. The summed E-state index contributed by atoms with van der Waals surface area (Å²) in [6, 6.07) is 0. The molecular formula is C5H8BrNi. The first kappa shape index (κ1) is 7.71. The summed E-state index contributed by atoms with van der Waals surface area (Å²) in [6.07, 6.45) is 5.87. The van der Waals surface area contributed by atoms with E-state index >= 15 is 0 Å². The van der Waals surface area contributed by atoms with Gasteiger partial charge in [-0.3, -0.25) is 0 Å². The fraction of sp³-hybridized carbons (Fsp3) is 0.600. The average molecular weight is 207 g/mol. The van der Waals surface area contributed by atoms with Gasteiger partial charge in [0.1, 0.15) is 0 Å². The van der Waals surface area contributed by atoms with E-state index in [1.807, 2.05) is 0 Å². The normalized spacial score (nSPS) is 18.3. The molecule has 0 unspecified atom stereocenters. The van der Waals surface area contributed by atoms with E-state index in [1.165, 1.54) is 23.8 Å². The van der Waals surface area contributed by atoms with Crippen molar-refractivity contribution in [3.63, 3.8) is 0 Å². The third kappa shape index (κ3) is 2.51. The zero-order chi connectivity index (χ0) is 4.41. The van der Waals surface area contributed by atoms with Gasteiger partial charge in [-0.25, -0.2) is 0 Å². The molecule has 0 aliphatic heterocycles. The van der Waals surface area contributed by atoms with Gasteiger partial charge in [0.25, 0.3) is 0 Å². The van der Waals surface area contributed by atoms with Crippen LogP contribution in [-0.2, 0) is 15.5 Å². The van der Waals surface area contributed by atoms with Crippen LogP contribution in [-0.4, -0.2) is 0 Å². The molecule has 0 fully saturated rings. The van der Waals surface area contributed by atoms with E-state index in [1.54, 1.807) is 0 Å². The number of allylic oxidation sites excluding steroid dienone is 2. The van der Waals surface area contributed by atoms with Gasteiger partial charge in [0, 0.05) is 0 Å². The van der Waals surface area contributed by atoms with E-state index in [2.05, 4.69) is 21.5 Å². The Bertz CT molecular complexity index is 78.1. The molecule has 0 spiro atoms. The van der Waals surface area contributed by atoms with Crippen molar-refractivity contribution in [3.05, 3.63) is 10.6 Å². The van der Waals surface area contributed by atoms with Crippen LogP contribution in [0.1, 0.15) is 19.3 Å². The Labute approximate surface area is 62.5 Å². The maximum absolute atomic E-state index is 4.60. The summed E-state index contributed by atoms with van der Waals surface area (Å²) in [5.41, 5.74) is 0. The molecule has 0 aromatic rings. The predicted octanol–water partition coefficient (Wildman–Crippen LogP) is 2.18. The van der Waals surface area contributed by atoms with Crippen LogP contribution < -0.4 is 0 Å². The molecule has 0 aromatic carbocycles. The third-order valence-corrected chi connectivity index (χ3v) is 1.41. The molecule has 45 valence electrons. The standard InChI is InChI=1S/C5H7.BrH.Ni/c1-2-4-5-3-1;;/h1H,2,4-5H2;1H;. The van der Waals surface area contributed by atoms with E-state index in [-0.39, 0.29) is 17.0 Å². The summed E-state index contributed by atoms with van der Waals surface area (Å²) in [5, 5.41) is 0. The second kappa shape index (κ2) is 3.68. The minimum atomic E-state index is 0. The molecule has 2 heteroatoms. The summed E-state index contributed by atoms with van der Waals surface area (Å²) < 4.78 is 1.20. The second-order valence-corrected chi connectivity index (χ2v) is 2.14. The fourth-order valence-corrected chi connectivity index (χ4v) is 0.929. The molecule has 0 saturated carbocycles. The van der Waals surface area contributed by atoms with Gasteiger partial charge in [-0.05, 0) is 0 Å². The van der Waals surface area contributed by atoms with Crippen molar-refractivity contribution in [2.75, 3.05) is 0 Å². The van der Waals surface area contributed by atoms with Crippen LogP contribution in [0.3, 0.4) is 0 Å². The number of hydrogen-bond donors (Lipinski definition) is 0. The van der Waals surface area contributed by atoms with Gasteiger partial charge in [-0.1, -0.05) is 0 Å². The van der Waals surface area contributed by atoms with E-state index < -0.39 is 0 Å². The molecule has 0 heterocycles. The number of halogens is 1. The molecule has 0 aromatic heterocycles. The number of hydrogen-bond acceptors (Lipinski definition) is 0. The van der Waals surface area contributed by atoms with E-state index in [9.17, 15) is 0 Å². The fourth-order valence-electron chi connectivity index (χ4n) is 0.612. The Kier molecular flexibility index (Phi) is 4.06. The van der Waals surface area contributed by atoms with Gasteiger partial charge >= 0.3 is 45.3 Å². The van der Waals surface area contributed by atoms with Gasteiger partial charge < -0.3 is 0 Å². The summed E-state index contributed by atoms with van der Waals surface area (Å²) in [5.74, 6) is 0. The van der Waals surface area contributed by atoms with Crippen LogP contribution in [0.4, 0.5) is 0 Å². The van der Waals surface area contributed by atoms with Gasteiger partial charge in [-0.2, -0.15) is 0 Å². The Morgan fingerprint density at radius 2 is 2.29 bits per heavy atom. The first-order valence-corrected chi connectivity index (χ1v) is 2.70. The van der Waals surface area contributed by atoms with Crippen molar-refractivity contribution in [2.45, 2.75) is 19.3 Å². The molecule has 0 radical (unpaired) electrons. The molecule has 0 amide bonds. The molecule has 0 bridgehead atoms. The summed E-state index contributed by atoms with van der Waals surface area (Å²) in [6.45, 7) is 0. The molecular weight excluding hydrogens is 199 g/mol. The summed E-state index contributed by atoms with van der Waals surface area (Å²) >= 11 is 4.60. The van der Waals surface area contributed by atoms with Crippen molar-refractivity contribution < 1.29 is 15.5 Å².